The minimum absolute atomic E-state index is 0.0199. The van der Waals surface area contributed by atoms with Gasteiger partial charge in [-0.2, -0.15) is 5.10 Å². The lowest BCUT2D eigenvalue weighted by molar-refractivity contribution is 0.106. The fraction of sp³-hybridized carbons (Fsp3) is 0.263. The van der Waals surface area contributed by atoms with Gasteiger partial charge < -0.3 is 10.4 Å². The summed E-state index contributed by atoms with van der Waals surface area (Å²) in [6.07, 6.45) is 0.839. The van der Waals surface area contributed by atoms with E-state index in [1.165, 1.54) is 24.3 Å². The van der Waals surface area contributed by atoms with Gasteiger partial charge in [-0.25, -0.2) is 8.96 Å². The Bertz CT molecular complexity index is 873. The second kappa shape index (κ2) is 10.4. The maximum absolute atomic E-state index is 13.1. The summed E-state index contributed by atoms with van der Waals surface area (Å²) in [5.74, 6) is 5.51. The molecule has 2 aromatic rings. The first kappa shape index (κ1) is 22.1. The number of hydrazone groups is 1. The highest BCUT2D eigenvalue weighted by Gasteiger charge is 2.26. The lowest BCUT2D eigenvalue weighted by Gasteiger charge is -2.17. The van der Waals surface area contributed by atoms with Crippen molar-refractivity contribution in [2.45, 2.75) is 20.3 Å². The third-order valence-corrected chi connectivity index (χ3v) is 7.49. The van der Waals surface area contributed by atoms with Crippen molar-refractivity contribution >= 4 is 29.7 Å². The molecule has 2 aromatic carbocycles. The van der Waals surface area contributed by atoms with Gasteiger partial charge in [0.15, 0.2) is 0 Å². The predicted octanol–water partition coefficient (Wildman–Crippen LogP) is 5.04. The third kappa shape index (κ3) is 5.92. The lowest BCUT2D eigenvalue weighted by Crippen LogP contribution is -2.17. The maximum Gasteiger partial charge on any atom is 0.440 e. The SMILES string of the molecule is CCCSP(=O)(OCC)Oc1ccc(/C(=N\N)C(=O)c2ccc(F)cc2)cc1. The van der Waals surface area contributed by atoms with Gasteiger partial charge in [0, 0.05) is 16.9 Å². The zero-order valence-electron chi connectivity index (χ0n) is 15.6. The zero-order valence-corrected chi connectivity index (χ0v) is 17.3. The molecule has 0 spiro atoms. The Hall–Kier alpha value is -2.15. The number of carbonyl (C=O) groups is 1. The van der Waals surface area contributed by atoms with Crippen LogP contribution >= 0.6 is 18.2 Å². The maximum atomic E-state index is 13.1. The molecule has 0 bridgehead atoms. The molecule has 150 valence electrons. The van der Waals surface area contributed by atoms with Gasteiger partial charge in [-0.3, -0.25) is 9.32 Å². The van der Waals surface area contributed by atoms with Gasteiger partial charge in [0.25, 0.3) is 0 Å². The van der Waals surface area contributed by atoms with Crippen LogP contribution in [0.25, 0.3) is 0 Å². The van der Waals surface area contributed by atoms with Crippen LogP contribution in [0.5, 0.6) is 5.75 Å². The van der Waals surface area contributed by atoms with Crippen LogP contribution in [0.1, 0.15) is 36.2 Å². The first-order valence-corrected chi connectivity index (χ1v) is 11.8. The van der Waals surface area contributed by atoms with Gasteiger partial charge in [0.1, 0.15) is 17.3 Å². The average molecular weight is 424 g/mol. The summed E-state index contributed by atoms with van der Waals surface area (Å²) in [4.78, 5) is 12.6. The van der Waals surface area contributed by atoms with E-state index < -0.39 is 18.4 Å². The van der Waals surface area contributed by atoms with Crippen LogP contribution in [0, 0.1) is 5.82 Å². The number of hydrogen-bond acceptors (Lipinski definition) is 7. The van der Waals surface area contributed by atoms with Gasteiger partial charge in [0.2, 0.25) is 5.78 Å². The number of carbonyl (C=O) groups excluding carboxylic acids is 1. The van der Waals surface area contributed by atoms with E-state index in [0.717, 1.165) is 17.8 Å². The zero-order chi connectivity index (χ0) is 20.6. The van der Waals surface area contributed by atoms with E-state index in [-0.39, 0.29) is 17.9 Å². The first-order valence-electron chi connectivity index (χ1n) is 8.69. The Balaban J connectivity index is 2.18. The summed E-state index contributed by atoms with van der Waals surface area (Å²) in [5.41, 5.74) is 0.742. The number of ketones is 1. The van der Waals surface area contributed by atoms with Gasteiger partial charge in [-0.1, -0.05) is 6.92 Å². The van der Waals surface area contributed by atoms with Crippen molar-refractivity contribution in [2.24, 2.45) is 10.9 Å². The van der Waals surface area contributed by atoms with Crippen molar-refractivity contribution in [3.63, 3.8) is 0 Å². The number of rotatable bonds is 10. The summed E-state index contributed by atoms with van der Waals surface area (Å²) in [6.45, 7) is 0.673. The molecule has 9 heteroatoms. The fourth-order valence-corrected chi connectivity index (χ4v) is 5.71. The number of benzene rings is 2. The Morgan fingerprint density at radius 3 is 2.25 bits per heavy atom. The fourth-order valence-electron chi connectivity index (χ4n) is 2.26. The third-order valence-electron chi connectivity index (χ3n) is 3.54. The van der Waals surface area contributed by atoms with E-state index >= 15 is 0 Å². The Morgan fingerprint density at radius 2 is 1.71 bits per heavy atom. The van der Waals surface area contributed by atoms with Crippen LogP contribution in [0.4, 0.5) is 4.39 Å². The molecule has 0 aliphatic rings. The molecule has 2 N–H and O–H groups in total. The molecule has 0 aliphatic carbocycles. The monoisotopic (exact) mass is 424 g/mol. The normalized spacial score (nSPS) is 13.8. The summed E-state index contributed by atoms with van der Waals surface area (Å²) in [6, 6.07) is 11.4. The largest absolute Gasteiger partial charge is 0.440 e. The van der Waals surface area contributed by atoms with Crippen LogP contribution in [0.3, 0.4) is 0 Å². The first-order chi connectivity index (χ1) is 13.4. The molecule has 1 atom stereocenters. The van der Waals surface area contributed by atoms with Crippen LogP contribution in [-0.2, 0) is 9.09 Å². The lowest BCUT2D eigenvalue weighted by atomic mass is 10.0. The molecule has 28 heavy (non-hydrogen) atoms. The van der Waals surface area contributed by atoms with Crippen molar-refractivity contribution in [3.8, 4) is 5.75 Å². The minimum atomic E-state index is -3.32. The number of Topliss-reactive ketones (excluding diaryl/α,β-unsaturated/α-hetero) is 1. The topological polar surface area (TPSA) is 91.0 Å². The molecule has 2 rings (SSSR count). The number of hydrogen-bond donors (Lipinski definition) is 1. The highest BCUT2D eigenvalue weighted by atomic mass is 32.7. The summed E-state index contributed by atoms with van der Waals surface area (Å²) < 4.78 is 36.7. The minimum Gasteiger partial charge on any atom is -0.417 e. The molecule has 0 heterocycles. The molecule has 0 aromatic heterocycles. The van der Waals surface area contributed by atoms with E-state index in [1.807, 2.05) is 6.92 Å². The number of nitrogens with zero attached hydrogens (tertiary/aromatic N) is 1. The molecule has 0 fully saturated rings. The van der Waals surface area contributed by atoms with Gasteiger partial charge >= 0.3 is 6.80 Å². The van der Waals surface area contributed by atoms with Crippen LogP contribution < -0.4 is 10.4 Å². The van der Waals surface area contributed by atoms with Crippen LogP contribution in [0.15, 0.2) is 53.6 Å². The van der Waals surface area contributed by atoms with E-state index in [9.17, 15) is 13.8 Å². The van der Waals surface area contributed by atoms with Gasteiger partial charge in [-0.05, 0) is 73.3 Å². The Kier molecular flexibility index (Phi) is 8.23. The van der Waals surface area contributed by atoms with Crippen molar-refractivity contribution in [2.75, 3.05) is 12.4 Å². The Morgan fingerprint density at radius 1 is 1.11 bits per heavy atom. The second-order valence-electron chi connectivity index (χ2n) is 5.63. The highest BCUT2D eigenvalue weighted by molar-refractivity contribution is 8.55. The second-order valence-corrected chi connectivity index (χ2v) is 9.75. The van der Waals surface area contributed by atoms with E-state index in [4.69, 9.17) is 14.9 Å². The van der Waals surface area contributed by atoms with Gasteiger partial charge in [-0.15, -0.1) is 0 Å². The summed E-state index contributed by atoms with van der Waals surface area (Å²) in [7, 11) is 0. The molecule has 0 radical (unpaired) electrons. The van der Waals surface area contributed by atoms with E-state index in [1.54, 1.807) is 31.2 Å². The molecule has 6 nitrogen and oxygen atoms in total. The molecule has 0 saturated carbocycles. The van der Waals surface area contributed by atoms with Crippen molar-refractivity contribution in [1.29, 1.82) is 0 Å². The summed E-state index contributed by atoms with van der Waals surface area (Å²) >= 11 is 1.14. The number of nitrogens with two attached hydrogens (primary N) is 1. The Labute approximate surface area is 167 Å². The van der Waals surface area contributed by atoms with Crippen molar-refractivity contribution in [3.05, 3.63) is 65.5 Å². The molecular weight excluding hydrogens is 402 g/mol. The summed E-state index contributed by atoms with van der Waals surface area (Å²) in [5, 5.41) is 3.58. The molecule has 0 saturated heterocycles. The van der Waals surface area contributed by atoms with Crippen molar-refractivity contribution < 1.29 is 22.8 Å². The average Bonchev–Trinajstić information content (AvgIpc) is 2.69. The molecule has 1 unspecified atom stereocenters. The smallest absolute Gasteiger partial charge is 0.417 e. The van der Waals surface area contributed by atoms with E-state index in [2.05, 4.69) is 5.10 Å². The van der Waals surface area contributed by atoms with Crippen LogP contribution in [0.2, 0.25) is 0 Å². The van der Waals surface area contributed by atoms with Crippen molar-refractivity contribution in [1.82, 2.24) is 0 Å². The highest BCUT2D eigenvalue weighted by Crippen LogP contribution is 2.60. The van der Waals surface area contributed by atoms with Gasteiger partial charge in [0.05, 0.1) is 6.61 Å². The molecular formula is C19H22FN2O4PS. The molecule has 0 aliphatic heterocycles. The van der Waals surface area contributed by atoms with Crippen LogP contribution in [-0.4, -0.2) is 23.9 Å². The van der Waals surface area contributed by atoms with E-state index in [0.29, 0.717) is 17.1 Å². The predicted molar refractivity (Wildman–Crippen MR) is 111 cm³/mol. The number of halogens is 1. The molecule has 0 amide bonds. The quantitative estimate of drug-likeness (QED) is 0.189. The standard InChI is InChI=1S/C19H22FN2O4PS/c1-3-13-28-27(24,25-4-2)26-17-11-7-14(8-12-17)18(22-21)19(23)15-5-9-16(20)10-6-15/h5-12H,3-4,13,21H2,1-2H3/b22-18+.